The highest BCUT2D eigenvalue weighted by molar-refractivity contribution is 6.23. The number of rotatable bonds is 5. The van der Waals surface area contributed by atoms with E-state index in [1.807, 2.05) is 50.3 Å². The van der Waals surface area contributed by atoms with Crippen molar-refractivity contribution in [2.45, 2.75) is 20.4 Å². The largest absolute Gasteiger partial charge is 0.361 e. The van der Waals surface area contributed by atoms with Gasteiger partial charge in [-0.05, 0) is 19.4 Å². The number of hydrogen-bond donors (Lipinski definition) is 0. The maximum atomic E-state index is 11.7. The molecular formula is C14H17N3O. The Bertz CT molecular complexity index is 469. The molecule has 94 valence electrons. The molecule has 0 saturated heterocycles. The summed E-state index contributed by atoms with van der Waals surface area (Å²) in [6, 6.07) is 9.71. The molecule has 0 radical (unpaired) electrons. The third-order valence-corrected chi connectivity index (χ3v) is 2.42. The summed E-state index contributed by atoms with van der Waals surface area (Å²) in [4.78, 5) is 16.1. The summed E-state index contributed by atoms with van der Waals surface area (Å²) in [7, 11) is 0. The van der Waals surface area contributed by atoms with Gasteiger partial charge in [-0.3, -0.25) is 4.79 Å². The summed E-state index contributed by atoms with van der Waals surface area (Å²) >= 11 is 0. The van der Waals surface area contributed by atoms with Crippen molar-refractivity contribution in [1.29, 1.82) is 0 Å². The van der Waals surface area contributed by atoms with E-state index in [4.69, 9.17) is 5.53 Å². The number of allylic oxidation sites excluding steroid dienone is 1. The van der Waals surface area contributed by atoms with Crippen LogP contribution in [-0.2, 0) is 11.3 Å². The molecule has 1 aromatic carbocycles. The third kappa shape index (κ3) is 4.76. The molecule has 0 spiro atoms. The number of hydrogen-bond acceptors (Lipinski definition) is 1. The summed E-state index contributed by atoms with van der Waals surface area (Å²) in [5.74, 6) is -0.307. The minimum Gasteiger partial charge on any atom is -0.361 e. The first-order chi connectivity index (χ1) is 8.63. The van der Waals surface area contributed by atoms with Crippen molar-refractivity contribution in [3.05, 3.63) is 53.1 Å². The van der Waals surface area contributed by atoms with Crippen molar-refractivity contribution in [2.75, 3.05) is 6.54 Å². The van der Waals surface area contributed by atoms with Crippen molar-refractivity contribution < 1.29 is 9.58 Å². The second-order valence-corrected chi connectivity index (χ2v) is 4.23. The zero-order valence-corrected chi connectivity index (χ0v) is 10.7. The van der Waals surface area contributed by atoms with Crippen LogP contribution in [0.1, 0.15) is 19.4 Å². The molecule has 4 nitrogen and oxygen atoms in total. The highest BCUT2D eigenvalue weighted by atomic mass is 16.2. The highest BCUT2D eigenvalue weighted by Gasteiger charge is 2.13. The van der Waals surface area contributed by atoms with E-state index in [9.17, 15) is 4.79 Å². The average Bonchev–Trinajstić information content (AvgIpc) is 2.35. The molecule has 0 aliphatic carbocycles. The van der Waals surface area contributed by atoms with Crippen molar-refractivity contribution in [1.82, 2.24) is 4.90 Å². The van der Waals surface area contributed by atoms with Gasteiger partial charge in [-0.2, -0.15) is 4.79 Å². The van der Waals surface area contributed by atoms with Crippen LogP contribution in [0.15, 0.2) is 42.0 Å². The van der Waals surface area contributed by atoms with E-state index in [1.165, 1.54) is 0 Å². The zero-order chi connectivity index (χ0) is 13.4. The van der Waals surface area contributed by atoms with Crippen molar-refractivity contribution in [3.8, 4) is 0 Å². The fraction of sp³-hybridized carbons (Fsp3) is 0.286. The molecule has 0 aliphatic heterocycles. The van der Waals surface area contributed by atoms with Crippen LogP contribution in [0.4, 0.5) is 0 Å². The van der Waals surface area contributed by atoms with Crippen LogP contribution < -0.4 is 0 Å². The number of carbonyl (C=O) groups excluding carboxylic acids is 1. The molecule has 0 atom stereocenters. The summed E-state index contributed by atoms with van der Waals surface area (Å²) in [6.45, 7) is 4.95. The fourth-order valence-electron chi connectivity index (χ4n) is 1.46. The molecule has 0 unspecified atom stereocenters. The molecule has 0 fully saturated rings. The van der Waals surface area contributed by atoms with Crippen molar-refractivity contribution in [2.24, 2.45) is 0 Å². The van der Waals surface area contributed by atoms with Gasteiger partial charge in [0.2, 0.25) is 0 Å². The standard InChI is InChI=1S/C14H17N3O/c1-12(2)8-9-17(14(18)10-16-15)11-13-6-4-3-5-7-13/h3-8,10H,9,11H2,1-2H3. The van der Waals surface area contributed by atoms with Gasteiger partial charge in [0, 0.05) is 13.1 Å². The lowest BCUT2D eigenvalue weighted by atomic mass is 10.2. The summed E-state index contributed by atoms with van der Waals surface area (Å²) in [5.41, 5.74) is 10.6. The van der Waals surface area contributed by atoms with Crippen LogP contribution >= 0.6 is 0 Å². The lowest BCUT2D eigenvalue weighted by Crippen LogP contribution is -2.31. The molecule has 0 aliphatic rings. The lowest BCUT2D eigenvalue weighted by Gasteiger charge is -2.17. The molecule has 0 N–H and O–H groups in total. The van der Waals surface area contributed by atoms with Gasteiger partial charge in [0.1, 0.15) is 0 Å². The molecule has 1 rings (SSSR count). The Kier molecular flexibility index (Phi) is 5.55. The summed E-state index contributed by atoms with van der Waals surface area (Å²) in [6.07, 6.45) is 2.88. The SMILES string of the molecule is CC(C)=CCN(Cc1ccccc1)C(=O)C=[N+]=[N-]. The van der Waals surface area contributed by atoms with Gasteiger partial charge in [-0.15, -0.1) is 0 Å². The maximum Gasteiger partial charge on any atom is 0.344 e. The lowest BCUT2D eigenvalue weighted by molar-refractivity contribution is -0.127. The van der Waals surface area contributed by atoms with E-state index in [2.05, 4.69) is 4.79 Å². The zero-order valence-electron chi connectivity index (χ0n) is 10.7. The predicted octanol–water partition coefficient (Wildman–Crippen LogP) is 2.28. The van der Waals surface area contributed by atoms with Crippen LogP contribution in [0.2, 0.25) is 0 Å². The number of amides is 1. The van der Waals surface area contributed by atoms with Crippen LogP contribution in [0.5, 0.6) is 0 Å². The van der Waals surface area contributed by atoms with E-state index in [1.54, 1.807) is 4.90 Å². The topological polar surface area (TPSA) is 56.7 Å². The second kappa shape index (κ2) is 7.20. The monoisotopic (exact) mass is 243 g/mol. The van der Waals surface area contributed by atoms with Gasteiger partial charge in [0.05, 0.1) is 0 Å². The summed E-state index contributed by atoms with van der Waals surface area (Å²) in [5, 5.41) is 0. The van der Waals surface area contributed by atoms with Gasteiger partial charge in [-0.1, -0.05) is 42.0 Å². The van der Waals surface area contributed by atoms with E-state index < -0.39 is 0 Å². The van der Waals surface area contributed by atoms with Crippen LogP contribution in [0.3, 0.4) is 0 Å². The first-order valence-electron chi connectivity index (χ1n) is 5.77. The first kappa shape index (κ1) is 13.9. The maximum absolute atomic E-state index is 11.7. The minimum absolute atomic E-state index is 0.307. The van der Waals surface area contributed by atoms with E-state index in [-0.39, 0.29) is 5.91 Å². The minimum atomic E-state index is -0.307. The smallest absolute Gasteiger partial charge is 0.344 e. The Morgan fingerprint density at radius 1 is 1.33 bits per heavy atom. The summed E-state index contributed by atoms with van der Waals surface area (Å²) < 4.78 is 0. The number of benzene rings is 1. The predicted molar refractivity (Wildman–Crippen MR) is 71.0 cm³/mol. The van der Waals surface area contributed by atoms with E-state index in [0.717, 1.165) is 17.4 Å². The van der Waals surface area contributed by atoms with Gasteiger partial charge in [0.15, 0.2) is 0 Å². The normalized spacial score (nSPS) is 9.22. The average molecular weight is 243 g/mol. The second-order valence-electron chi connectivity index (χ2n) is 4.23. The molecule has 1 aromatic rings. The van der Waals surface area contributed by atoms with Crippen molar-refractivity contribution in [3.63, 3.8) is 0 Å². The Labute approximate surface area is 107 Å². The molecule has 0 saturated carbocycles. The van der Waals surface area contributed by atoms with Gasteiger partial charge in [-0.25, -0.2) is 0 Å². The van der Waals surface area contributed by atoms with Gasteiger partial charge < -0.3 is 10.4 Å². The van der Waals surface area contributed by atoms with Gasteiger partial charge >= 0.3 is 12.1 Å². The first-order valence-corrected chi connectivity index (χ1v) is 5.77. The van der Waals surface area contributed by atoms with Crippen LogP contribution in [0, 0.1) is 0 Å². The molecule has 0 bridgehead atoms. The van der Waals surface area contributed by atoms with Gasteiger partial charge in [0.25, 0.3) is 0 Å². The highest BCUT2D eigenvalue weighted by Crippen LogP contribution is 2.05. The third-order valence-electron chi connectivity index (χ3n) is 2.42. The molecule has 0 heterocycles. The quantitative estimate of drug-likeness (QED) is 0.339. The van der Waals surface area contributed by atoms with E-state index >= 15 is 0 Å². The Balaban J connectivity index is 2.80. The molecular weight excluding hydrogens is 226 g/mol. The Hall–Kier alpha value is -2.19. The molecule has 4 heteroatoms. The molecule has 0 aromatic heterocycles. The molecule has 18 heavy (non-hydrogen) atoms. The fourth-order valence-corrected chi connectivity index (χ4v) is 1.46. The number of carbonyl (C=O) groups is 1. The Morgan fingerprint density at radius 3 is 2.56 bits per heavy atom. The van der Waals surface area contributed by atoms with Crippen molar-refractivity contribution >= 4 is 12.1 Å². The Morgan fingerprint density at radius 2 is 2.00 bits per heavy atom. The number of nitrogens with zero attached hydrogens (tertiary/aromatic N) is 3. The van der Waals surface area contributed by atoms with Crippen LogP contribution in [-0.4, -0.2) is 28.4 Å². The van der Waals surface area contributed by atoms with Crippen LogP contribution in [0.25, 0.3) is 5.53 Å². The van der Waals surface area contributed by atoms with E-state index in [0.29, 0.717) is 13.1 Å². The molecule has 1 amide bonds.